The Hall–Kier alpha value is -1.59. The van der Waals surface area contributed by atoms with Crippen LogP contribution in [0.1, 0.15) is 31.2 Å². The third kappa shape index (κ3) is 3.49. The minimum atomic E-state index is -0.945. The molecule has 2 unspecified atom stereocenters. The van der Waals surface area contributed by atoms with Crippen LogP contribution in [0.3, 0.4) is 0 Å². The van der Waals surface area contributed by atoms with Crippen LogP contribution < -0.4 is 16.2 Å². The van der Waals surface area contributed by atoms with E-state index in [1.807, 2.05) is 24.3 Å². The van der Waals surface area contributed by atoms with Gasteiger partial charge in [-0.25, -0.2) is 0 Å². The van der Waals surface area contributed by atoms with Gasteiger partial charge in [0, 0.05) is 13.0 Å². The molecule has 5 heteroatoms. The van der Waals surface area contributed by atoms with Crippen LogP contribution in [0, 0.1) is 0 Å². The molecule has 0 heterocycles. The zero-order valence-corrected chi connectivity index (χ0v) is 11.5. The first-order valence-corrected chi connectivity index (χ1v) is 6.99. The molecule has 5 nitrogen and oxygen atoms in total. The van der Waals surface area contributed by atoms with E-state index in [0.717, 1.165) is 24.2 Å². The smallest absolute Gasteiger partial charge is 0.237 e. The van der Waals surface area contributed by atoms with Crippen molar-refractivity contribution in [1.82, 2.24) is 0 Å². The van der Waals surface area contributed by atoms with Gasteiger partial charge in [0.15, 0.2) is 0 Å². The summed E-state index contributed by atoms with van der Waals surface area (Å²) in [6, 6.07) is 7.61. The Kier molecular flexibility index (Phi) is 4.62. The Morgan fingerprint density at radius 3 is 2.70 bits per heavy atom. The molecule has 0 saturated heterocycles. The number of aliphatic hydroxyl groups is 1. The van der Waals surface area contributed by atoms with E-state index in [9.17, 15) is 4.79 Å². The molecular weight excluding hydrogens is 256 g/mol. The van der Waals surface area contributed by atoms with Gasteiger partial charge in [-0.2, -0.15) is 0 Å². The third-order valence-corrected chi connectivity index (χ3v) is 3.86. The molecule has 1 saturated carbocycles. The maximum Gasteiger partial charge on any atom is 0.237 e. The van der Waals surface area contributed by atoms with E-state index in [0.29, 0.717) is 19.3 Å². The molecule has 0 spiro atoms. The Labute approximate surface area is 118 Å². The van der Waals surface area contributed by atoms with Gasteiger partial charge in [-0.05, 0) is 43.4 Å². The summed E-state index contributed by atoms with van der Waals surface area (Å²) in [5.41, 5.74) is 11.5. The van der Waals surface area contributed by atoms with Crippen molar-refractivity contribution in [2.24, 2.45) is 11.5 Å². The lowest BCUT2D eigenvalue weighted by molar-refractivity contribution is -0.125. The molecule has 5 N–H and O–H groups in total. The predicted molar refractivity (Wildman–Crippen MR) is 76.2 cm³/mol. The fourth-order valence-corrected chi connectivity index (χ4v) is 2.64. The standard InChI is InChI=1S/C15H22N2O3/c16-14(19)15(17)8-1-2-13(10-15)20-12-5-3-11(4-6-12)7-9-18/h3-6,13,18H,1-2,7-10,17H2,(H2,16,19). The van der Waals surface area contributed by atoms with E-state index in [4.69, 9.17) is 21.3 Å². The van der Waals surface area contributed by atoms with Crippen molar-refractivity contribution in [2.45, 2.75) is 43.7 Å². The number of carbonyl (C=O) groups excluding carboxylic acids is 1. The Balaban J connectivity index is 1.97. The largest absolute Gasteiger partial charge is 0.490 e. The van der Waals surface area contributed by atoms with E-state index in [2.05, 4.69) is 0 Å². The fraction of sp³-hybridized carbons (Fsp3) is 0.533. The number of hydrogen-bond donors (Lipinski definition) is 3. The van der Waals surface area contributed by atoms with Crippen molar-refractivity contribution in [3.05, 3.63) is 29.8 Å². The number of nitrogens with two attached hydrogens (primary N) is 2. The van der Waals surface area contributed by atoms with Crippen molar-refractivity contribution >= 4 is 5.91 Å². The number of rotatable bonds is 5. The number of benzene rings is 1. The molecule has 1 aromatic carbocycles. The molecule has 0 bridgehead atoms. The molecule has 0 aliphatic heterocycles. The highest BCUT2D eigenvalue weighted by atomic mass is 16.5. The molecule has 1 aliphatic rings. The minimum Gasteiger partial charge on any atom is -0.490 e. The fourth-order valence-electron chi connectivity index (χ4n) is 2.64. The number of aliphatic hydroxyl groups excluding tert-OH is 1. The molecule has 1 aliphatic carbocycles. The lowest BCUT2D eigenvalue weighted by Crippen LogP contribution is -2.56. The Morgan fingerprint density at radius 2 is 2.10 bits per heavy atom. The summed E-state index contributed by atoms with van der Waals surface area (Å²) in [5.74, 6) is 0.300. The first kappa shape index (κ1) is 14.8. The summed E-state index contributed by atoms with van der Waals surface area (Å²) in [5, 5.41) is 8.87. The molecule has 1 fully saturated rings. The summed E-state index contributed by atoms with van der Waals surface area (Å²) >= 11 is 0. The molecule has 1 aromatic rings. The van der Waals surface area contributed by atoms with Gasteiger partial charge in [0.05, 0.1) is 5.54 Å². The van der Waals surface area contributed by atoms with Crippen LogP contribution in [0.25, 0.3) is 0 Å². The third-order valence-electron chi connectivity index (χ3n) is 3.86. The van der Waals surface area contributed by atoms with Gasteiger partial charge >= 0.3 is 0 Å². The Morgan fingerprint density at radius 1 is 1.40 bits per heavy atom. The van der Waals surface area contributed by atoms with E-state index in [-0.39, 0.29) is 12.7 Å². The van der Waals surface area contributed by atoms with E-state index >= 15 is 0 Å². The van der Waals surface area contributed by atoms with Crippen LogP contribution >= 0.6 is 0 Å². The van der Waals surface area contributed by atoms with Crippen molar-refractivity contribution in [3.63, 3.8) is 0 Å². The number of carbonyl (C=O) groups is 1. The average molecular weight is 278 g/mol. The number of hydrogen-bond acceptors (Lipinski definition) is 4. The maximum atomic E-state index is 11.4. The zero-order valence-electron chi connectivity index (χ0n) is 11.5. The molecule has 0 radical (unpaired) electrons. The first-order valence-electron chi connectivity index (χ1n) is 6.99. The quantitative estimate of drug-likeness (QED) is 0.739. The van der Waals surface area contributed by atoms with Gasteiger partial charge in [-0.3, -0.25) is 4.79 Å². The molecule has 2 atom stereocenters. The number of amides is 1. The van der Waals surface area contributed by atoms with Gasteiger partial charge in [-0.1, -0.05) is 12.1 Å². The van der Waals surface area contributed by atoms with Gasteiger partial charge in [0.2, 0.25) is 5.91 Å². The number of primary amides is 1. The lowest BCUT2D eigenvalue weighted by atomic mass is 9.80. The van der Waals surface area contributed by atoms with Crippen molar-refractivity contribution < 1.29 is 14.6 Å². The molecular formula is C15H22N2O3. The minimum absolute atomic E-state index is 0.0788. The van der Waals surface area contributed by atoms with Crippen LogP contribution in [-0.2, 0) is 11.2 Å². The second kappa shape index (κ2) is 6.24. The summed E-state index contributed by atoms with van der Waals surface area (Å²) in [6.07, 6.45) is 3.36. The first-order chi connectivity index (χ1) is 9.53. The van der Waals surface area contributed by atoms with Gasteiger partial charge in [0.25, 0.3) is 0 Å². The van der Waals surface area contributed by atoms with Gasteiger partial charge < -0.3 is 21.3 Å². The SMILES string of the molecule is NC(=O)C1(N)CCCC(Oc2ccc(CCO)cc2)C1. The van der Waals surface area contributed by atoms with Crippen LogP contribution in [0.15, 0.2) is 24.3 Å². The highest BCUT2D eigenvalue weighted by Crippen LogP contribution is 2.29. The summed E-state index contributed by atoms with van der Waals surface area (Å²) < 4.78 is 5.88. The van der Waals surface area contributed by atoms with Crippen LogP contribution in [0.2, 0.25) is 0 Å². The van der Waals surface area contributed by atoms with Crippen molar-refractivity contribution in [3.8, 4) is 5.75 Å². The van der Waals surface area contributed by atoms with Crippen LogP contribution in [0.5, 0.6) is 5.75 Å². The van der Waals surface area contributed by atoms with Crippen LogP contribution in [0.4, 0.5) is 0 Å². The highest BCUT2D eigenvalue weighted by Gasteiger charge is 2.38. The molecule has 0 aromatic heterocycles. The lowest BCUT2D eigenvalue weighted by Gasteiger charge is -2.35. The monoisotopic (exact) mass is 278 g/mol. The molecule has 1 amide bonds. The topological polar surface area (TPSA) is 98.6 Å². The highest BCUT2D eigenvalue weighted by molar-refractivity contribution is 5.84. The normalized spacial score (nSPS) is 26.2. The summed E-state index contributed by atoms with van der Waals surface area (Å²) in [4.78, 5) is 11.4. The zero-order chi connectivity index (χ0) is 14.6. The predicted octanol–water partition coefficient (Wildman–Crippen LogP) is 0.726. The number of ether oxygens (including phenoxy) is 1. The average Bonchev–Trinajstić information content (AvgIpc) is 2.41. The van der Waals surface area contributed by atoms with E-state index in [1.165, 1.54) is 0 Å². The molecule has 2 rings (SSSR count). The second-order valence-electron chi connectivity index (χ2n) is 5.47. The van der Waals surface area contributed by atoms with Crippen LogP contribution in [-0.4, -0.2) is 29.3 Å². The molecule has 110 valence electrons. The second-order valence-corrected chi connectivity index (χ2v) is 5.47. The molecule has 20 heavy (non-hydrogen) atoms. The maximum absolute atomic E-state index is 11.4. The van der Waals surface area contributed by atoms with Gasteiger partial charge in [-0.15, -0.1) is 0 Å². The van der Waals surface area contributed by atoms with Crippen molar-refractivity contribution in [1.29, 1.82) is 0 Å². The van der Waals surface area contributed by atoms with Gasteiger partial charge in [0.1, 0.15) is 11.9 Å². The van der Waals surface area contributed by atoms with E-state index < -0.39 is 11.4 Å². The van der Waals surface area contributed by atoms with E-state index in [1.54, 1.807) is 0 Å². The Bertz CT molecular complexity index is 461. The summed E-state index contributed by atoms with van der Waals surface area (Å²) in [6.45, 7) is 0.136. The van der Waals surface area contributed by atoms with Crippen molar-refractivity contribution in [2.75, 3.05) is 6.61 Å². The summed E-state index contributed by atoms with van der Waals surface area (Å²) in [7, 11) is 0.